The van der Waals surface area contributed by atoms with Crippen molar-refractivity contribution in [3.05, 3.63) is 72.2 Å². The molecule has 1 N–H and O–H groups in total. The number of nitrogens with zero attached hydrogens (tertiary/aromatic N) is 1. The first-order valence-corrected chi connectivity index (χ1v) is 6.00. The molecule has 0 aliphatic heterocycles. The molecular formula is C15H14N2O. The fourth-order valence-corrected chi connectivity index (χ4v) is 1.92. The molecule has 1 aliphatic rings. The molecule has 1 aliphatic carbocycles. The quantitative estimate of drug-likeness (QED) is 0.886. The van der Waals surface area contributed by atoms with Crippen LogP contribution in [0.4, 0.5) is 6.01 Å². The van der Waals surface area contributed by atoms with Gasteiger partial charge in [0.1, 0.15) is 5.76 Å². The van der Waals surface area contributed by atoms with Crippen LogP contribution in [0.2, 0.25) is 0 Å². The number of aromatic nitrogens is 1. The smallest absolute Gasteiger partial charge is 0.295 e. The summed E-state index contributed by atoms with van der Waals surface area (Å²) < 4.78 is 5.66. The molecule has 90 valence electrons. The second-order valence-electron chi connectivity index (χ2n) is 4.20. The highest BCUT2D eigenvalue weighted by molar-refractivity contribution is 5.32. The maximum absolute atomic E-state index is 5.66. The lowest BCUT2D eigenvalue weighted by Crippen LogP contribution is -1.98. The molecule has 0 radical (unpaired) electrons. The number of hydrogen-bond acceptors (Lipinski definition) is 3. The molecule has 1 heterocycles. The maximum Gasteiger partial charge on any atom is 0.295 e. The van der Waals surface area contributed by atoms with Crippen molar-refractivity contribution in [3.63, 3.8) is 0 Å². The van der Waals surface area contributed by atoms with Crippen LogP contribution < -0.4 is 5.32 Å². The highest BCUT2D eigenvalue weighted by Crippen LogP contribution is 2.25. The van der Waals surface area contributed by atoms with Crippen LogP contribution in [0.3, 0.4) is 0 Å². The Morgan fingerprint density at radius 1 is 1.11 bits per heavy atom. The summed E-state index contributed by atoms with van der Waals surface area (Å²) in [6.07, 6.45) is 9.98. The molecule has 1 aromatic heterocycles. The van der Waals surface area contributed by atoms with Gasteiger partial charge in [-0.3, -0.25) is 0 Å². The fourth-order valence-electron chi connectivity index (χ4n) is 1.92. The van der Waals surface area contributed by atoms with Gasteiger partial charge in [-0.15, -0.1) is 0 Å². The molecule has 1 aromatic carbocycles. The molecule has 0 saturated carbocycles. The summed E-state index contributed by atoms with van der Waals surface area (Å²) in [4.78, 5) is 4.23. The molecule has 3 nitrogen and oxygen atoms in total. The third-order valence-corrected chi connectivity index (χ3v) is 2.89. The molecule has 0 amide bonds. The first kappa shape index (κ1) is 10.8. The SMILES string of the molecule is C1=CC(c2cnc(NCc3ccccc3)o2)C=C1. The van der Waals surface area contributed by atoms with Gasteiger partial charge in [0.15, 0.2) is 0 Å². The van der Waals surface area contributed by atoms with E-state index in [1.165, 1.54) is 5.56 Å². The van der Waals surface area contributed by atoms with Crippen LogP contribution >= 0.6 is 0 Å². The standard InChI is InChI=1S/C15H14N2O/c1-2-6-12(7-3-1)10-16-15-17-11-14(18-15)13-8-4-5-9-13/h1-9,11,13H,10H2,(H,16,17). The predicted molar refractivity (Wildman–Crippen MR) is 71.3 cm³/mol. The first-order valence-electron chi connectivity index (χ1n) is 6.00. The van der Waals surface area contributed by atoms with Crippen molar-refractivity contribution in [3.8, 4) is 0 Å². The molecule has 0 unspecified atom stereocenters. The molecule has 0 saturated heterocycles. The van der Waals surface area contributed by atoms with Gasteiger partial charge in [0.05, 0.1) is 12.1 Å². The average Bonchev–Trinajstić information content (AvgIpc) is 3.08. The molecule has 3 rings (SSSR count). The minimum atomic E-state index is 0.227. The van der Waals surface area contributed by atoms with Crippen molar-refractivity contribution in [1.29, 1.82) is 0 Å². The number of rotatable bonds is 4. The highest BCUT2D eigenvalue weighted by Gasteiger charge is 2.12. The fraction of sp³-hybridized carbons (Fsp3) is 0.133. The van der Waals surface area contributed by atoms with Crippen molar-refractivity contribution in [1.82, 2.24) is 4.98 Å². The van der Waals surface area contributed by atoms with E-state index in [2.05, 4.69) is 34.6 Å². The third-order valence-electron chi connectivity index (χ3n) is 2.89. The minimum absolute atomic E-state index is 0.227. The van der Waals surface area contributed by atoms with Crippen molar-refractivity contribution in [2.75, 3.05) is 5.32 Å². The van der Waals surface area contributed by atoms with E-state index in [4.69, 9.17) is 4.42 Å². The lowest BCUT2D eigenvalue weighted by Gasteiger charge is -2.02. The normalized spacial score (nSPS) is 14.2. The van der Waals surface area contributed by atoms with E-state index in [0.717, 1.165) is 12.3 Å². The lowest BCUT2D eigenvalue weighted by atomic mass is 10.1. The summed E-state index contributed by atoms with van der Waals surface area (Å²) in [5.41, 5.74) is 1.21. The van der Waals surface area contributed by atoms with Crippen LogP contribution in [0, 0.1) is 0 Å². The van der Waals surface area contributed by atoms with Gasteiger partial charge in [0.25, 0.3) is 6.01 Å². The Balaban J connectivity index is 1.64. The van der Waals surface area contributed by atoms with Gasteiger partial charge in [0.2, 0.25) is 0 Å². The third kappa shape index (κ3) is 2.35. The number of benzene rings is 1. The molecule has 0 spiro atoms. The molecule has 0 fully saturated rings. The molecular weight excluding hydrogens is 224 g/mol. The Hall–Kier alpha value is -2.29. The van der Waals surface area contributed by atoms with Crippen LogP contribution in [0.5, 0.6) is 0 Å². The van der Waals surface area contributed by atoms with Crippen LogP contribution in [0.1, 0.15) is 17.2 Å². The van der Waals surface area contributed by atoms with Crippen LogP contribution in [-0.4, -0.2) is 4.98 Å². The van der Waals surface area contributed by atoms with Crippen LogP contribution in [0.25, 0.3) is 0 Å². The van der Waals surface area contributed by atoms with Gasteiger partial charge in [-0.2, -0.15) is 0 Å². The molecule has 2 aromatic rings. The second-order valence-corrected chi connectivity index (χ2v) is 4.20. The van der Waals surface area contributed by atoms with E-state index in [9.17, 15) is 0 Å². The Bertz CT molecular complexity index is 557. The van der Waals surface area contributed by atoms with Crippen molar-refractivity contribution in [2.45, 2.75) is 12.5 Å². The van der Waals surface area contributed by atoms with Gasteiger partial charge in [-0.05, 0) is 5.56 Å². The summed E-state index contributed by atoms with van der Waals surface area (Å²) in [6.45, 7) is 0.719. The summed E-state index contributed by atoms with van der Waals surface area (Å²) >= 11 is 0. The van der Waals surface area contributed by atoms with E-state index in [1.54, 1.807) is 6.20 Å². The predicted octanol–water partition coefficient (Wildman–Crippen LogP) is 3.50. The topological polar surface area (TPSA) is 38.1 Å². The lowest BCUT2D eigenvalue weighted by molar-refractivity contribution is 0.517. The number of hydrogen-bond donors (Lipinski definition) is 1. The van der Waals surface area contributed by atoms with Gasteiger partial charge >= 0.3 is 0 Å². The van der Waals surface area contributed by atoms with E-state index in [1.807, 2.05) is 30.4 Å². The Labute approximate surface area is 106 Å². The van der Waals surface area contributed by atoms with Crippen molar-refractivity contribution in [2.24, 2.45) is 0 Å². The van der Waals surface area contributed by atoms with Crippen LogP contribution in [-0.2, 0) is 6.54 Å². The summed E-state index contributed by atoms with van der Waals surface area (Å²) in [5, 5.41) is 3.18. The summed E-state index contributed by atoms with van der Waals surface area (Å²) in [6, 6.07) is 10.8. The Morgan fingerprint density at radius 3 is 2.67 bits per heavy atom. The van der Waals surface area contributed by atoms with E-state index < -0.39 is 0 Å². The zero-order chi connectivity index (χ0) is 12.2. The minimum Gasteiger partial charge on any atom is -0.428 e. The molecule has 0 bridgehead atoms. The monoisotopic (exact) mass is 238 g/mol. The summed E-state index contributed by atoms with van der Waals surface area (Å²) in [7, 11) is 0. The van der Waals surface area contributed by atoms with E-state index in [0.29, 0.717) is 6.01 Å². The number of anilines is 1. The van der Waals surface area contributed by atoms with Gasteiger partial charge in [0, 0.05) is 6.54 Å². The van der Waals surface area contributed by atoms with Gasteiger partial charge < -0.3 is 9.73 Å². The average molecular weight is 238 g/mol. The number of allylic oxidation sites excluding steroid dienone is 4. The zero-order valence-corrected chi connectivity index (χ0v) is 9.91. The van der Waals surface area contributed by atoms with Crippen LogP contribution in [0.15, 0.2) is 65.2 Å². The Morgan fingerprint density at radius 2 is 1.89 bits per heavy atom. The molecule has 3 heteroatoms. The van der Waals surface area contributed by atoms with E-state index >= 15 is 0 Å². The first-order chi connectivity index (χ1) is 8.92. The summed E-state index contributed by atoms with van der Waals surface area (Å²) in [5.74, 6) is 1.10. The van der Waals surface area contributed by atoms with Crippen molar-refractivity contribution >= 4 is 6.01 Å². The van der Waals surface area contributed by atoms with Gasteiger partial charge in [-0.25, -0.2) is 4.98 Å². The number of oxazole rings is 1. The highest BCUT2D eigenvalue weighted by atomic mass is 16.4. The maximum atomic E-state index is 5.66. The largest absolute Gasteiger partial charge is 0.428 e. The molecule has 0 atom stereocenters. The zero-order valence-electron chi connectivity index (χ0n) is 9.91. The van der Waals surface area contributed by atoms with Crippen molar-refractivity contribution < 1.29 is 4.42 Å². The Kier molecular flexibility index (Phi) is 2.96. The molecule has 18 heavy (non-hydrogen) atoms. The van der Waals surface area contributed by atoms with Gasteiger partial charge in [-0.1, -0.05) is 54.6 Å². The van der Waals surface area contributed by atoms with E-state index in [-0.39, 0.29) is 5.92 Å². The number of nitrogens with one attached hydrogen (secondary N) is 1. The second kappa shape index (κ2) is 4.92.